The summed E-state index contributed by atoms with van der Waals surface area (Å²) < 4.78 is 5.86. The maximum atomic E-state index is 14.6. The molecule has 6 N–H and O–H groups in total. The van der Waals surface area contributed by atoms with Gasteiger partial charge in [0.15, 0.2) is 6.10 Å². The fourth-order valence-electron chi connectivity index (χ4n) is 6.82. The predicted octanol–water partition coefficient (Wildman–Crippen LogP) is 5.00. The second-order valence-electron chi connectivity index (χ2n) is 14.7. The van der Waals surface area contributed by atoms with E-state index in [1.165, 1.54) is 18.4 Å². The molecule has 3 rings (SSSR count). The van der Waals surface area contributed by atoms with Crippen LogP contribution in [0.5, 0.6) is 0 Å². The van der Waals surface area contributed by atoms with E-state index in [2.05, 4.69) is 25.8 Å². The van der Waals surface area contributed by atoms with Crippen LogP contribution in [0.25, 0.3) is 0 Å². The van der Waals surface area contributed by atoms with Crippen molar-refractivity contribution in [1.29, 1.82) is 0 Å². The third kappa shape index (κ3) is 13.0. The van der Waals surface area contributed by atoms with Crippen molar-refractivity contribution in [2.75, 3.05) is 32.9 Å². The Labute approximate surface area is 324 Å². The van der Waals surface area contributed by atoms with E-state index in [0.29, 0.717) is 36.5 Å². The smallest absolute Gasteiger partial charge is 0.407 e. The van der Waals surface area contributed by atoms with Crippen LogP contribution in [0.4, 0.5) is 10.5 Å². The Bertz CT molecular complexity index is 1540. The molecule has 0 spiro atoms. The number of hydrogen-bond acceptors (Lipinski definition) is 10. The maximum absolute atomic E-state index is 14.6. The highest BCUT2D eigenvalue weighted by atomic mass is 32.1. The number of carboxylic acid groups (broad SMARTS) is 1. The molecule has 15 heteroatoms. The van der Waals surface area contributed by atoms with Gasteiger partial charge in [0.2, 0.25) is 11.8 Å². The number of likely N-dealkylation sites (N-methyl/N-ethyl adjacent to an activating group) is 1. The van der Waals surface area contributed by atoms with E-state index in [0.717, 1.165) is 31.4 Å². The number of nitrogens with two attached hydrogens (primary N) is 1. The molecule has 1 saturated heterocycles. The van der Waals surface area contributed by atoms with E-state index < -0.39 is 42.2 Å². The van der Waals surface area contributed by atoms with E-state index in [1.807, 2.05) is 58.7 Å². The first-order valence-corrected chi connectivity index (χ1v) is 20.1. The summed E-state index contributed by atoms with van der Waals surface area (Å²) in [6.07, 6.45) is 3.19. The minimum Gasteiger partial charge on any atom is -0.481 e. The lowest BCUT2D eigenvalue weighted by Gasteiger charge is -2.40. The Morgan fingerprint density at radius 3 is 2.39 bits per heavy atom. The van der Waals surface area contributed by atoms with E-state index >= 15 is 0 Å². The van der Waals surface area contributed by atoms with Crippen LogP contribution in [0.3, 0.4) is 0 Å². The van der Waals surface area contributed by atoms with E-state index in [4.69, 9.17) is 10.5 Å². The number of carboxylic acids is 1. The van der Waals surface area contributed by atoms with Crippen LogP contribution in [-0.4, -0.2) is 101 Å². The van der Waals surface area contributed by atoms with Crippen molar-refractivity contribution in [1.82, 2.24) is 30.7 Å². The SMILES string of the molecule is CCCN(C(=O)[C@@H](NC(=O)[C@H]1CCCCN1C)[C@@H](C)CC)[C@H](C[C@@H](OC(=O)NC)c1nc(C(=O)N[C@H](CCC(=O)O)Cc2ccc(N)cc2)cs1)C(C)C. The molecule has 1 aromatic heterocycles. The average molecular weight is 772 g/mol. The molecular weight excluding hydrogens is 711 g/mol. The number of nitrogens with one attached hydrogen (secondary N) is 3. The van der Waals surface area contributed by atoms with Gasteiger partial charge < -0.3 is 36.4 Å². The molecule has 54 heavy (non-hydrogen) atoms. The molecule has 1 aromatic carbocycles. The number of alkyl carbamates (subject to hydrolysis) is 1. The van der Waals surface area contributed by atoms with Gasteiger partial charge in [-0.1, -0.05) is 59.6 Å². The lowest BCUT2D eigenvalue weighted by atomic mass is 9.92. The first-order valence-electron chi connectivity index (χ1n) is 19.2. The molecule has 14 nitrogen and oxygen atoms in total. The molecule has 1 aliphatic rings. The Morgan fingerprint density at radius 2 is 1.80 bits per heavy atom. The highest BCUT2D eigenvalue weighted by Crippen LogP contribution is 2.32. The lowest BCUT2D eigenvalue weighted by molar-refractivity contribution is -0.142. The number of amides is 4. The molecule has 300 valence electrons. The number of aliphatic carboxylic acids is 1. The number of nitrogen functional groups attached to an aromatic ring is 1. The molecule has 0 unspecified atom stereocenters. The molecule has 0 saturated carbocycles. The zero-order valence-corrected chi connectivity index (χ0v) is 33.7. The number of piperidine rings is 1. The summed E-state index contributed by atoms with van der Waals surface area (Å²) >= 11 is 1.17. The predicted molar refractivity (Wildman–Crippen MR) is 210 cm³/mol. The molecule has 0 radical (unpaired) electrons. The van der Waals surface area contributed by atoms with Gasteiger partial charge in [-0.15, -0.1) is 11.3 Å². The third-order valence-electron chi connectivity index (χ3n) is 10.2. The molecule has 1 aliphatic heterocycles. The number of benzene rings is 1. The Morgan fingerprint density at radius 1 is 1.09 bits per heavy atom. The van der Waals surface area contributed by atoms with Gasteiger partial charge in [-0.25, -0.2) is 9.78 Å². The number of carbonyl (C=O) groups excluding carboxylic acids is 4. The highest BCUT2D eigenvalue weighted by molar-refractivity contribution is 7.09. The summed E-state index contributed by atoms with van der Waals surface area (Å²) in [5.74, 6) is -1.97. The van der Waals surface area contributed by atoms with Gasteiger partial charge in [0, 0.05) is 49.6 Å². The van der Waals surface area contributed by atoms with Gasteiger partial charge in [0.25, 0.3) is 5.91 Å². The number of nitrogens with zero attached hydrogens (tertiary/aromatic N) is 3. The van der Waals surface area contributed by atoms with Crippen molar-refractivity contribution in [3.8, 4) is 0 Å². The van der Waals surface area contributed by atoms with Gasteiger partial charge in [-0.2, -0.15) is 0 Å². The number of anilines is 1. The summed E-state index contributed by atoms with van der Waals surface area (Å²) in [4.78, 5) is 74.2. The second kappa shape index (κ2) is 21.6. The van der Waals surface area contributed by atoms with E-state index in [-0.39, 0.29) is 54.6 Å². The fraction of sp³-hybridized carbons (Fsp3) is 0.641. The Balaban J connectivity index is 1.89. The average Bonchev–Trinajstić information content (AvgIpc) is 3.64. The maximum Gasteiger partial charge on any atom is 0.407 e. The lowest BCUT2D eigenvalue weighted by Crippen LogP contribution is -2.58. The summed E-state index contributed by atoms with van der Waals surface area (Å²) in [5.41, 5.74) is 7.41. The van der Waals surface area contributed by atoms with Gasteiger partial charge in [-0.05, 0) is 75.2 Å². The quantitative estimate of drug-likeness (QED) is 0.114. The number of thiazole rings is 1. The Hall–Kier alpha value is -4.24. The van der Waals surface area contributed by atoms with Crippen molar-refractivity contribution >= 4 is 46.8 Å². The second-order valence-corrected chi connectivity index (χ2v) is 15.6. The van der Waals surface area contributed by atoms with Gasteiger partial charge in [0.1, 0.15) is 16.7 Å². The largest absolute Gasteiger partial charge is 0.481 e. The molecule has 2 aromatic rings. The third-order valence-corrected chi connectivity index (χ3v) is 11.1. The minimum absolute atomic E-state index is 0.0693. The van der Waals surface area contributed by atoms with Gasteiger partial charge in [-0.3, -0.25) is 24.1 Å². The first-order chi connectivity index (χ1) is 25.7. The van der Waals surface area contributed by atoms with Crippen LogP contribution in [0, 0.1) is 11.8 Å². The number of carbonyl (C=O) groups is 5. The number of rotatable bonds is 20. The molecule has 4 amide bonds. The van der Waals surface area contributed by atoms with Crippen LogP contribution in [0.2, 0.25) is 0 Å². The van der Waals surface area contributed by atoms with Gasteiger partial charge >= 0.3 is 12.1 Å². The van der Waals surface area contributed by atoms with Crippen molar-refractivity contribution in [2.45, 2.75) is 123 Å². The van der Waals surface area contributed by atoms with Crippen LogP contribution in [0.1, 0.15) is 113 Å². The molecular formula is C39H61N7O7S. The van der Waals surface area contributed by atoms with E-state index in [9.17, 15) is 29.1 Å². The van der Waals surface area contributed by atoms with Crippen LogP contribution in [-0.2, 0) is 25.5 Å². The molecule has 2 heterocycles. The van der Waals surface area contributed by atoms with Crippen molar-refractivity contribution in [3.05, 3.63) is 45.9 Å². The Kier molecular flexibility index (Phi) is 17.7. The molecule has 6 atom stereocenters. The van der Waals surface area contributed by atoms with Crippen LogP contribution in [0.15, 0.2) is 29.6 Å². The number of ether oxygens (including phenoxy) is 1. The van der Waals surface area contributed by atoms with E-state index in [1.54, 1.807) is 17.5 Å². The summed E-state index contributed by atoms with van der Waals surface area (Å²) in [6, 6.07) is 5.26. The normalized spacial score (nSPS) is 17.4. The fourth-order valence-corrected chi connectivity index (χ4v) is 7.66. The van der Waals surface area contributed by atoms with Crippen LogP contribution < -0.4 is 21.7 Å². The number of aromatic nitrogens is 1. The zero-order chi connectivity index (χ0) is 39.9. The zero-order valence-electron chi connectivity index (χ0n) is 32.9. The van der Waals surface area contributed by atoms with Crippen molar-refractivity contribution < 1.29 is 33.8 Å². The van der Waals surface area contributed by atoms with Gasteiger partial charge in [0.05, 0.1) is 6.04 Å². The summed E-state index contributed by atoms with van der Waals surface area (Å²) in [5, 5.41) is 19.9. The first kappa shape index (κ1) is 44.2. The summed E-state index contributed by atoms with van der Waals surface area (Å²) in [7, 11) is 3.40. The molecule has 1 fully saturated rings. The van der Waals surface area contributed by atoms with Crippen molar-refractivity contribution in [3.63, 3.8) is 0 Å². The van der Waals surface area contributed by atoms with Crippen molar-refractivity contribution in [2.24, 2.45) is 11.8 Å². The number of hydrogen-bond donors (Lipinski definition) is 5. The minimum atomic E-state index is -0.971. The summed E-state index contributed by atoms with van der Waals surface area (Å²) in [6.45, 7) is 11.2. The highest BCUT2D eigenvalue weighted by Gasteiger charge is 2.38. The standard InChI is InChI=1S/C39H61N7O7S/c1-8-19-46(38(51)34(25(5)9-2)44-36(50)30-12-10-11-20-45(30)7)31(24(3)4)22-32(53-39(52)41-6)37-43-29(23-54-37)35(49)42-28(17-18-33(47)48)21-26-13-15-27(40)16-14-26/h13-16,23-25,28,30-32,34H,8-12,17-22,40H2,1-7H3,(H,41,52)(H,42,49)(H,44,50)(H,47,48)/t25-,28+,30+,31+,32+,34-/m0/s1. The molecule has 0 aliphatic carbocycles. The molecule has 0 bridgehead atoms. The van der Waals surface area contributed by atoms with Crippen LogP contribution >= 0.6 is 11.3 Å². The monoisotopic (exact) mass is 771 g/mol. The number of likely N-dealkylation sites (tertiary alicyclic amines) is 1. The topological polar surface area (TPSA) is 196 Å².